The van der Waals surface area contributed by atoms with Gasteiger partial charge in [-0.3, -0.25) is 9.59 Å². The summed E-state index contributed by atoms with van der Waals surface area (Å²) in [6, 6.07) is 7.85. The Bertz CT molecular complexity index is 539. The molecule has 0 fully saturated rings. The molecule has 0 bridgehead atoms. The van der Waals surface area contributed by atoms with Crippen molar-refractivity contribution in [3.63, 3.8) is 0 Å². The topological polar surface area (TPSA) is 70.2 Å². The van der Waals surface area contributed by atoms with E-state index in [0.29, 0.717) is 18.7 Å². The Morgan fingerprint density at radius 2 is 1.68 bits per heavy atom. The summed E-state index contributed by atoms with van der Waals surface area (Å²) in [6.07, 6.45) is 0.282. The van der Waals surface area contributed by atoms with Crippen LogP contribution in [0.25, 0.3) is 0 Å². The molecule has 0 aliphatic heterocycles. The number of carbonyl (C=O) groups excluding carboxylic acids is 2. The van der Waals surface area contributed by atoms with Gasteiger partial charge in [0.2, 0.25) is 5.91 Å². The molecule has 0 saturated carbocycles. The molecule has 0 aliphatic rings. The normalized spacial score (nSPS) is 12.0. The first kappa shape index (κ1) is 23.4. The van der Waals surface area contributed by atoms with E-state index < -0.39 is 0 Å². The molecule has 142 valence electrons. The minimum Gasteiger partial charge on any atom is -0.354 e. The zero-order valence-electron chi connectivity index (χ0n) is 15.9. The third-order valence-electron chi connectivity index (χ3n) is 3.81. The number of halogens is 1. The van der Waals surface area contributed by atoms with Crippen molar-refractivity contribution in [2.45, 2.75) is 52.5 Å². The van der Waals surface area contributed by atoms with Crippen molar-refractivity contribution in [3.05, 3.63) is 35.4 Å². The van der Waals surface area contributed by atoms with Gasteiger partial charge in [-0.2, -0.15) is 0 Å². The highest BCUT2D eigenvalue weighted by atomic mass is 35.5. The molecule has 1 aromatic rings. The first-order valence-electron chi connectivity index (χ1n) is 8.63. The minimum absolute atomic E-state index is 0. The Labute approximate surface area is 157 Å². The molecule has 0 saturated heterocycles. The van der Waals surface area contributed by atoms with Gasteiger partial charge in [-0.15, -0.1) is 12.4 Å². The average Bonchev–Trinajstić information content (AvgIpc) is 2.52. The summed E-state index contributed by atoms with van der Waals surface area (Å²) in [6.45, 7) is 12.3. The molecule has 5 nitrogen and oxygen atoms in total. The first-order valence-corrected chi connectivity index (χ1v) is 8.63. The van der Waals surface area contributed by atoms with Crippen LogP contribution >= 0.6 is 12.4 Å². The van der Waals surface area contributed by atoms with Gasteiger partial charge in [0.1, 0.15) is 0 Å². The van der Waals surface area contributed by atoms with Crippen molar-refractivity contribution in [3.8, 4) is 0 Å². The van der Waals surface area contributed by atoms with Crippen LogP contribution in [0.1, 0.15) is 57.0 Å². The highest BCUT2D eigenvalue weighted by Gasteiger charge is 2.14. The molecule has 3 N–H and O–H groups in total. The lowest BCUT2D eigenvalue weighted by Crippen LogP contribution is -2.39. The van der Waals surface area contributed by atoms with Crippen molar-refractivity contribution in [2.24, 2.45) is 0 Å². The summed E-state index contributed by atoms with van der Waals surface area (Å²) in [5, 5.41) is 8.86. The van der Waals surface area contributed by atoms with Crippen LogP contribution in [0.2, 0.25) is 0 Å². The average molecular weight is 370 g/mol. The number of carbonyl (C=O) groups is 2. The summed E-state index contributed by atoms with van der Waals surface area (Å²) < 4.78 is 0. The summed E-state index contributed by atoms with van der Waals surface area (Å²) in [4.78, 5) is 23.8. The Morgan fingerprint density at radius 3 is 2.20 bits per heavy atom. The largest absolute Gasteiger partial charge is 0.354 e. The number of hydrogen-bond acceptors (Lipinski definition) is 3. The van der Waals surface area contributed by atoms with Gasteiger partial charge in [-0.1, -0.05) is 39.8 Å². The van der Waals surface area contributed by atoms with Crippen molar-refractivity contribution in [1.82, 2.24) is 16.0 Å². The molecule has 0 aromatic heterocycles. The number of likely N-dealkylation sites (N-methyl/N-ethyl adjacent to an activating group) is 1. The summed E-state index contributed by atoms with van der Waals surface area (Å²) in [7, 11) is 0. The molecule has 6 heteroatoms. The molecule has 0 aliphatic carbocycles. The third-order valence-corrected chi connectivity index (χ3v) is 3.81. The quantitative estimate of drug-likeness (QED) is 0.659. The van der Waals surface area contributed by atoms with Crippen LogP contribution in [0.4, 0.5) is 0 Å². The monoisotopic (exact) mass is 369 g/mol. The maximum atomic E-state index is 12.1. The predicted octanol–water partition coefficient (Wildman–Crippen LogP) is 2.64. The van der Waals surface area contributed by atoms with Gasteiger partial charge in [0, 0.05) is 31.1 Å². The molecule has 2 amide bonds. The lowest BCUT2D eigenvalue weighted by molar-refractivity contribution is -0.121. The first-order chi connectivity index (χ1) is 11.2. The molecular weight excluding hydrogens is 338 g/mol. The van der Waals surface area contributed by atoms with Gasteiger partial charge < -0.3 is 16.0 Å². The second-order valence-electron chi connectivity index (χ2n) is 7.10. The molecular formula is C19H32ClN3O2. The number of amides is 2. The lowest BCUT2D eigenvalue weighted by Gasteiger charge is -2.19. The lowest BCUT2D eigenvalue weighted by atomic mass is 9.87. The van der Waals surface area contributed by atoms with Crippen molar-refractivity contribution < 1.29 is 9.59 Å². The fourth-order valence-electron chi connectivity index (χ4n) is 2.29. The molecule has 0 spiro atoms. The maximum Gasteiger partial charge on any atom is 0.251 e. The standard InChI is InChI=1S/C19H31N3O2.ClH/c1-6-20-14(2)13-22-17(23)11-12-21-18(24)15-7-9-16(10-8-15)19(3,4)5;/h7-10,14,20H,6,11-13H2,1-5H3,(H,21,24)(H,22,23);1H/t14-;/m1./s1. The number of rotatable bonds is 8. The smallest absolute Gasteiger partial charge is 0.251 e. The van der Waals surface area contributed by atoms with Gasteiger partial charge in [0.15, 0.2) is 0 Å². The van der Waals surface area contributed by atoms with E-state index in [1.807, 2.05) is 38.1 Å². The minimum atomic E-state index is -0.149. The fourth-order valence-corrected chi connectivity index (χ4v) is 2.29. The highest BCUT2D eigenvalue weighted by molar-refractivity contribution is 5.94. The van der Waals surface area contributed by atoms with Gasteiger partial charge in [0.05, 0.1) is 0 Å². The van der Waals surface area contributed by atoms with Crippen molar-refractivity contribution >= 4 is 24.2 Å². The van der Waals surface area contributed by atoms with Crippen LogP contribution in [-0.2, 0) is 10.2 Å². The Hall–Kier alpha value is -1.59. The van der Waals surface area contributed by atoms with E-state index in [-0.39, 0.29) is 42.1 Å². The molecule has 0 radical (unpaired) electrons. The fraction of sp³-hybridized carbons (Fsp3) is 0.579. The number of nitrogens with one attached hydrogen (secondary N) is 3. The predicted molar refractivity (Wildman–Crippen MR) is 105 cm³/mol. The number of hydrogen-bond donors (Lipinski definition) is 3. The summed E-state index contributed by atoms with van der Waals surface area (Å²) in [5.74, 6) is -0.201. The van der Waals surface area contributed by atoms with E-state index in [4.69, 9.17) is 0 Å². The van der Waals surface area contributed by atoms with Crippen LogP contribution in [0.3, 0.4) is 0 Å². The molecule has 1 rings (SSSR count). The molecule has 1 atom stereocenters. The van der Waals surface area contributed by atoms with Gasteiger partial charge in [0.25, 0.3) is 5.91 Å². The molecule has 25 heavy (non-hydrogen) atoms. The van der Waals surface area contributed by atoms with Crippen LogP contribution in [0.15, 0.2) is 24.3 Å². The van der Waals surface area contributed by atoms with Crippen LogP contribution in [0.5, 0.6) is 0 Å². The van der Waals surface area contributed by atoms with E-state index in [1.165, 1.54) is 5.56 Å². The van der Waals surface area contributed by atoms with Crippen LogP contribution in [-0.4, -0.2) is 37.5 Å². The Kier molecular flexibility index (Phi) is 10.4. The maximum absolute atomic E-state index is 12.1. The van der Waals surface area contributed by atoms with E-state index in [9.17, 15) is 9.59 Å². The van der Waals surface area contributed by atoms with E-state index in [0.717, 1.165) is 6.54 Å². The zero-order valence-corrected chi connectivity index (χ0v) is 16.8. The zero-order chi connectivity index (χ0) is 18.2. The molecule has 0 unspecified atom stereocenters. The Balaban J connectivity index is 0.00000576. The van der Waals surface area contributed by atoms with Crippen molar-refractivity contribution in [1.29, 1.82) is 0 Å². The van der Waals surface area contributed by atoms with Crippen LogP contribution < -0.4 is 16.0 Å². The van der Waals surface area contributed by atoms with E-state index in [2.05, 4.69) is 36.7 Å². The van der Waals surface area contributed by atoms with E-state index >= 15 is 0 Å². The third kappa shape index (κ3) is 8.89. The SMILES string of the molecule is CCN[C@H](C)CNC(=O)CCNC(=O)c1ccc(C(C)(C)C)cc1.Cl. The summed E-state index contributed by atoms with van der Waals surface area (Å²) >= 11 is 0. The van der Waals surface area contributed by atoms with E-state index in [1.54, 1.807) is 0 Å². The van der Waals surface area contributed by atoms with Crippen molar-refractivity contribution in [2.75, 3.05) is 19.6 Å². The van der Waals surface area contributed by atoms with Gasteiger partial charge in [-0.25, -0.2) is 0 Å². The summed E-state index contributed by atoms with van der Waals surface area (Å²) in [5.41, 5.74) is 1.87. The second-order valence-corrected chi connectivity index (χ2v) is 7.10. The molecule has 1 aromatic carbocycles. The van der Waals surface area contributed by atoms with Gasteiger partial charge in [-0.05, 0) is 36.6 Å². The number of benzene rings is 1. The Morgan fingerprint density at radius 1 is 1.08 bits per heavy atom. The molecule has 0 heterocycles. The highest BCUT2D eigenvalue weighted by Crippen LogP contribution is 2.22. The second kappa shape index (κ2) is 11.1. The van der Waals surface area contributed by atoms with Crippen LogP contribution in [0, 0.1) is 0 Å². The van der Waals surface area contributed by atoms with Gasteiger partial charge >= 0.3 is 0 Å².